The third kappa shape index (κ3) is 3.37. The van der Waals surface area contributed by atoms with Gasteiger partial charge in [0.05, 0.1) is 6.61 Å². The molecule has 86 valence electrons. The number of hydrogen-bond donors (Lipinski definition) is 2. The lowest BCUT2D eigenvalue weighted by atomic mass is 10.4. The van der Waals surface area contributed by atoms with Gasteiger partial charge in [-0.05, 0) is 6.92 Å². The number of methoxy groups -OCH3 is 1. The van der Waals surface area contributed by atoms with Gasteiger partial charge in [0.15, 0.2) is 5.16 Å². The molecule has 0 amide bonds. The number of nitrogens with zero attached hydrogens (tertiary/aromatic N) is 2. The van der Waals surface area contributed by atoms with Crippen LogP contribution in [0.4, 0.5) is 0 Å². The number of nitrogens with one attached hydrogen (secondary N) is 1. The number of hydrogen-bond acceptors (Lipinski definition) is 5. The Morgan fingerprint density at radius 3 is 3.07 bits per heavy atom. The molecule has 15 heavy (non-hydrogen) atoms. The summed E-state index contributed by atoms with van der Waals surface area (Å²) >= 11 is 1.46. The largest absolute Gasteiger partial charge is 0.383 e. The lowest BCUT2D eigenvalue weighted by molar-refractivity contribution is 0.186. The van der Waals surface area contributed by atoms with Crippen LogP contribution in [0, 0.1) is 0 Å². The molecule has 0 bridgehead atoms. The molecule has 0 saturated heterocycles. The number of aromatic nitrogens is 3. The van der Waals surface area contributed by atoms with Crippen LogP contribution in [0.5, 0.6) is 0 Å². The van der Waals surface area contributed by atoms with Crippen LogP contribution < -0.4 is 11.4 Å². The third-order valence-electron chi connectivity index (χ3n) is 1.85. The molecule has 1 rings (SSSR count). The standard InChI is InChI=1S/C8H16N4O2S/c1-3-12-7(13)10-11-8(12)15-5-6(9)4-14-2/h6H,3-5,9H2,1-2H3,(H,10,13). The van der Waals surface area contributed by atoms with Crippen LogP contribution in [-0.4, -0.2) is 40.3 Å². The number of nitrogens with two attached hydrogens (primary N) is 1. The third-order valence-corrected chi connectivity index (χ3v) is 3.01. The second-order valence-corrected chi connectivity index (χ2v) is 4.07. The Balaban J connectivity index is 2.53. The first-order valence-electron chi connectivity index (χ1n) is 4.71. The normalized spacial score (nSPS) is 13.0. The molecule has 0 spiro atoms. The van der Waals surface area contributed by atoms with Crippen molar-refractivity contribution in [3.8, 4) is 0 Å². The molecule has 0 aromatic carbocycles. The molecule has 1 aromatic heterocycles. The summed E-state index contributed by atoms with van der Waals surface area (Å²) in [6, 6.07) is -0.0443. The fourth-order valence-corrected chi connectivity index (χ4v) is 2.07. The highest BCUT2D eigenvalue weighted by Gasteiger charge is 2.09. The van der Waals surface area contributed by atoms with Crippen LogP contribution in [0.25, 0.3) is 0 Å². The van der Waals surface area contributed by atoms with Crippen LogP contribution in [-0.2, 0) is 11.3 Å². The molecule has 0 radical (unpaired) electrons. The van der Waals surface area contributed by atoms with Crippen LogP contribution in [0.1, 0.15) is 6.92 Å². The molecule has 0 aliphatic heterocycles. The van der Waals surface area contributed by atoms with E-state index < -0.39 is 0 Å². The predicted octanol–water partition coefficient (Wildman–Crippen LogP) is -0.343. The maximum Gasteiger partial charge on any atom is 0.343 e. The van der Waals surface area contributed by atoms with Crippen LogP contribution in [0.15, 0.2) is 9.95 Å². The first kappa shape index (κ1) is 12.3. The fourth-order valence-electron chi connectivity index (χ4n) is 1.14. The number of H-pyrrole nitrogens is 1. The molecule has 1 aromatic rings. The zero-order chi connectivity index (χ0) is 11.3. The average molecular weight is 232 g/mol. The maximum absolute atomic E-state index is 11.2. The van der Waals surface area contributed by atoms with Gasteiger partial charge in [-0.1, -0.05) is 11.8 Å². The number of thioether (sulfide) groups is 1. The van der Waals surface area contributed by atoms with Crippen LogP contribution in [0.2, 0.25) is 0 Å². The summed E-state index contributed by atoms with van der Waals surface area (Å²) in [4.78, 5) is 11.2. The van der Waals surface area contributed by atoms with Crippen molar-refractivity contribution in [1.82, 2.24) is 14.8 Å². The Hall–Kier alpha value is -0.790. The van der Waals surface area contributed by atoms with Gasteiger partial charge in [0, 0.05) is 25.4 Å². The van der Waals surface area contributed by atoms with Crippen molar-refractivity contribution >= 4 is 11.8 Å². The van der Waals surface area contributed by atoms with Crippen LogP contribution >= 0.6 is 11.8 Å². The van der Waals surface area contributed by atoms with Gasteiger partial charge in [0.2, 0.25) is 0 Å². The molecule has 7 heteroatoms. The Kier molecular flexibility index (Phi) is 4.86. The first-order valence-corrected chi connectivity index (χ1v) is 5.70. The van der Waals surface area contributed by atoms with E-state index in [-0.39, 0.29) is 11.7 Å². The van der Waals surface area contributed by atoms with Gasteiger partial charge in [-0.3, -0.25) is 4.57 Å². The Labute approximate surface area is 92.2 Å². The summed E-state index contributed by atoms with van der Waals surface area (Å²) in [6.45, 7) is 3.01. The monoisotopic (exact) mass is 232 g/mol. The minimum atomic E-state index is -0.180. The van der Waals surface area contributed by atoms with Gasteiger partial charge in [-0.15, -0.1) is 5.10 Å². The van der Waals surface area contributed by atoms with E-state index in [0.29, 0.717) is 24.1 Å². The van der Waals surface area contributed by atoms with E-state index in [4.69, 9.17) is 10.5 Å². The Morgan fingerprint density at radius 2 is 2.47 bits per heavy atom. The van der Waals surface area contributed by atoms with E-state index in [1.807, 2.05) is 6.92 Å². The number of aromatic amines is 1. The zero-order valence-corrected chi connectivity index (χ0v) is 9.71. The fraction of sp³-hybridized carbons (Fsp3) is 0.750. The van der Waals surface area contributed by atoms with E-state index in [0.717, 1.165) is 0 Å². The number of rotatable bonds is 6. The van der Waals surface area contributed by atoms with Crippen molar-refractivity contribution in [3.63, 3.8) is 0 Å². The van der Waals surface area contributed by atoms with E-state index in [2.05, 4.69) is 10.2 Å². The molecule has 0 aliphatic carbocycles. The summed E-state index contributed by atoms with van der Waals surface area (Å²) in [6.07, 6.45) is 0. The van der Waals surface area contributed by atoms with Crippen molar-refractivity contribution < 1.29 is 4.74 Å². The van der Waals surface area contributed by atoms with Gasteiger partial charge in [0.1, 0.15) is 0 Å². The lowest BCUT2D eigenvalue weighted by Gasteiger charge is -2.08. The van der Waals surface area contributed by atoms with Crippen molar-refractivity contribution in [3.05, 3.63) is 10.5 Å². The highest BCUT2D eigenvalue weighted by Crippen LogP contribution is 2.13. The van der Waals surface area contributed by atoms with Crippen molar-refractivity contribution in [2.24, 2.45) is 5.73 Å². The van der Waals surface area contributed by atoms with E-state index in [1.165, 1.54) is 11.8 Å². The van der Waals surface area contributed by atoms with Gasteiger partial charge < -0.3 is 10.5 Å². The smallest absolute Gasteiger partial charge is 0.343 e. The minimum Gasteiger partial charge on any atom is -0.383 e. The van der Waals surface area contributed by atoms with Crippen LogP contribution in [0.3, 0.4) is 0 Å². The SMILES string of the molecule is CCn1c(SCC(N)COC)n[nH]c1=O. The molecule has 6 nitrogen and oxygen atoms in total. The van der Waals surface area contributed by atoms with Crippen molar-refractivity contribution in [2.75, 3.05) is 19.5 Å². The summed E-state index contributed by atoms with van der Waals surface area (Å²) in [5.41, 5.74) is 5.58. The topological polar surface area (TPSA) is 85.9 Å². The molecule has 0 saturated carbocycles. The second-order valence-electron chi connectivity index (χ2n) is 3.08. The van der Waals surface area contributed by atoms with Gasteiger partial charge in [0.25, 0.3) is 0 Å². The van der Waals surface area contributed by atoms with E-state index >= 15 is 0 Å². The molecule has 3 N–H and O–H groups in total. The first-order chi connectivity index (χ1) is 7.19. The molecule has 0 fully saturated rings. The zero-order valence-electron chi connectivity index (χ0n) is 8.90. The minimum absolute atomic E-state index is 0.0443. The van der Waals surface area contributed by atoms with Gasteiger partial charge in [-0.25, -0.2) is 9.89 Å². The van der Waals surface area contributed by atoms with Gasteiger partial charge in [-0.2, -0.15) is 0 Å². The van der Waals surface area contributed by atoms with Crippen molar-refractivity contribution in [2.45, 2.75) is 24.7 Å². The molecular weight excluding hydrogens is 216 g/mol. The summed E-state index contributed by atoms with van der Waals surface area (Å²) in [5.74, 6) is 0.679. The van der Waals surface area contributed by atoms with Crippen molar-refractivity contribution in [1.29, 1.82) is 0 Å². The molecule has 1 atom stereocenters. The summed E-state index contributed by atoms with van der Waals surface area (Å²) in [5, 5.41) is 6.99. The summed E-state index contributed by atoms with van der Waals surface area (Å²) in [7, 11) is 1.61. The van der Waals surface area contributed by atoms with E-state index in [9.17, 15) is 4.79 Å². The molecule has 1 unspecified atom stereocenters. The van der Waals surface area contributed by atoms with E-state index in [1.54, 1.807) is 11.7 Å². The molecule has 1 heterocycles. The van der Waals surface area contributed by atoms with Gasteiger partial charge >= 0.3 is 5.69 Å². The lowest BCUT2D eigenvalue weighted by Crippen LogP contribution is -2.28. The average Bonchev–Trinajstić information content (AvgIpc) is 2.56. The maximum atomic E-state index is 11.2. The molecular formula is C8H16N4O2S. The predicted molar refractivity (Wildman–Crippen MR) is 59.1 cm³/mol. The Bertz CT molecular complexity index is 349. The second kappa shape index (κ2) is 5.94. The Morgan fingerprint density at radius 1 is 1.73 bits per heavy atom. The summed E-state index contributed by atoms with van der Waals surface area (Å²) < 4.78 is 6.49. The number of ether oxygens (including phenoxy) is 1. The highest BCUT2D eigenvalue weighted by molar-refractivity contribution is 7.99. The highest BCUT2D eigenvalue weighted by atomic mass is 32.2. The quantitative estimate of drug-likeness (QED) is 0.655. The molecule has 0 aliphatic rings.